The topological polar surface area (TPSA) is 41.1 Å². The quantitative estimate of drug-likeness (QED) is 0.584. The van der Waals surface area contributed by atoms with Gasteiger partial charge in [0.15, 0.2) is 0 Å². The molecule has 0 atom stereocenters. The second-order valence-electron chi connectivity index (χ2n) is 5.61. The fourth-order valence-electron chi connectivity index (χ4n) is 2.10. The molecule has 0 aliphatic heterocycles. The van der Waals surface area contributed by atoms with Crippen LogP contribution in [0.4, 0.5) is 5.69 Å². The number of hydrogen-bond donors (Lipinski definition) is 2. The van der Waals surface area contributed by atoms with Crippen molar-refractivity contribution in [2.75, 3.05) is 18.4 Å². The summed E-state index contributed by atoms with van der Waals surface area (Å²) in [5.74, 6) is 0.803. The number of nitrogens with one attached hydrogen (secondary N) is 2. The predicted octanol–water partition coefficient (Wildman–Crippen LogP) is 5.58. The lowest BCUT2D eigenvalue weighted by atomic mass is 10.1. The van der Waals surface area contributed by atoms with Crippen molar-refractivity contribution in [1.82, 2.24) is 5.32 Å². The summed E-state index contributed by atoms with van der Waals surface area (Å²) >= 11 is 0. The highest BCUT2D eigenvalue weighted by atomic mass is 16.1. The minimum atomic E-state index is 0. The number of hydrogen-bond acceptors (Lipinski definition) is 2. The summed E-state index contributed by atoms with van der Waals surface area (Å²) < 4.78 is 0. The van der Waals surface area contributed by atoms with Crippen LogP contribution in [0.25, 0.3) is 0 Å². The van der Waals surface area contributed by atoms with Gasteiger partial charge in [-0.05, 0) is 43.5 Å². The fraction of sp³-hybridized carbons (Fsp3) is 0.632. The second kappa shape index (κ2) is 13.2. The Morgan fingerprint density at radius 1 is 1.09 bits per heavy atom. The molecule has 2 N–H and O–H groups in total. The first-order chi connectivity index (χ1) is 10.6. The SMILES string of the molecule is CC.CCNc1ccc(C(=O)NCCCCCC(C)C)cc1.[HH].[HH]. The van der Waals surface area contributed by atoms with E-state index in [4.69, 9.17) is 0 Å². The zero-order chi connectivity index (χ0) is 16.8. The highest BCUT2D eigenvalue weighted by Gasteiger charge is 2.04. The smallest absolute Gasteiger partial charge is 0.251 e. The summed E-state index contributed by atoms with van der Waals surface area (Å²) in [5, 5.41) is 6.20. The van der Waals surface area contributed by atoms with E-state index in [-0.39, 0.29) is 8.76 Å². The maximum Gasteiger partial charge on any atom is 0.251 e. The number of amides is 1. The molecule has 0 aromatic heterocycles. The van der Waals surface area contributed by atoms with Gasteiger partial charge in [-0.15, -0.1) is 0 Å². The molecule has 0 radical (unpaired) electrons. The molecular weight excluding hydrogens is 272 g/mol. The van der Waals surface area contributed by atoms with Gasteiger partial charge in [0.25, 0.3) is 5.91 Å². The normalized spacial score (nSPS) is 9.91. The van der Waals surface area contributed by atoms with Crippen LogP contribution in [-0.2, 0) is 0 Å². The summed E-state index contributed by atoms with van der Waals surface area (Å²) in [6.45, 7) is 12.2. The van der Waals surface area contributed by atoms with E-state index < -0.39 is 0 Å². The van der Waals surface area contributed by atoms with Gasteiger partial charge in [-0.3, -0.25) is 4.79 Å². The van der Waals surface area contributed by atoms with Gasteiger partial charge in [0, 0.05) is 27.2 Å². The van der Waals surface area contributed by atoms with Crippen LogP contribution in [0.15, 0.2) is 24.3 Å². The Balaban J connectivity index is -0.00000106. The Hall–Kier alpha value is -1.51. The Morgan fingerprint density at radius 3 is 2.27 bits per heavy atom. The zero-order valence-electron chi connectivity index (χ0n) is 15.0. The van der Waals surface area contributed by atoms with Crippen LogP contribution in [0, 0.1) is 5.92 Å². The van der Waals surface area contributed by atoms with Crippen LogP contribution in [0.3, 0.4) is 0 Å². The molecule has 0 heterocycles. The average molecular weight is 311 g/mol. The second-order valence-corrected chi connectivity index (χ2v) is 5.61. The van der Waals surface area contributed by atoms with Crippen molar-refractivity contribution in [3.05, 3.63) is 29.8 Å². The summed E-state index contributed by atoms with van der Waals surface area (Å²) in [7, 11) is 0. The molecule has 0 aliphatic carbocycles. The van der Waals surface area contributed by atoms with Crippen LogP contribution in [0.5, 0.6) is 0 Å². The molecular formula is C19H38N2O. The minimum absolute atomic E-state index is 0. The van der Waals surface area contributed by atoms with Gasteiger partial charge in [0.05, 0.1) is 0 Å². The summed E-state index contributed by atoms with van der Waals surface area (Å²) in [6, 6.07) is 7.63. The van der Waals surface area contributed by atoms with Crippen molar-refractivity contribution in [2.45, 2.75) is 60.3 Å². The van der Waals surface area contributed by atoms with Crippen LogP contribution in [0.2, 0.25) is 0 Å². The Morgan fingerprint density at radius 2 is 1.73 bits per heavy atom. The maximum atomic E-state index is 11.9. The molecule has 3 heteroatoms. The van der Waals surface area contributed by atoms with E-state index >= 15 is 0 Å². The third kappa shape index (κ3) is 9.43. The molecule has 0 fully saturated rings. The van der Waals surface area contributed by atoms with E-state index in [0.29, 0.717) is 0 Å². The first-order valence-corrected chi connectivity index (χ1v) is 8.75. The lowest BCUT2D eigenvalue weighted by Gasteiger charge is -2.07. The minimum Gasteiger partial charge on any atom is -0.385 e. The molecule has 130 valence electrons. The molecule has 1 rings (SSSR count). The van der Waals surface area contributed by atoms with E-state index in [2.05, 4.69) is 31.4 Å². The molecule has 3 nitrogen and oxygen atoms in total. The summed E-state index contributed by atoms with van der Waals surface area (Å²) in [6.07, 6.45) is 4.79. The number of carbonyl (C=O) groups is 1. The van der Waals surface area contributed by atoms with Gasteiger partial charge in [-0.25, -0.2) is 0 Å². The number of carbonyl (C=O) groups excluding carboxylic acids is 1. The van der Waals surface area contributed by atoms with Crippen molar-refractivity contribution < 1.29 is 7.65 Å². The Bertz CT molecular complexity index is 395. The van der Waals surface area contributed by atoms with Gasteiger partial charge in [-0.1, -0.05) is 47.0 Å². The van der Waals surface area contributed by atoms with Crippen LogP contribution >= 0.6 is 0 Å². The van der Waals surface area contributed by atoms with E-state index in [1.54, 1.807) is 0 Å². The number of rotatable bonds is 9. The summed E-state index contributed by atoms with van der Waals surface area (Å²) in [5.41, 5.74) is 1.78. The molecule has 0 aliphatic rings. The van der Waals surface area contributed by atoms with Gasteiger partial charge in [-0.2, -0.15) is 0 Å². The number of unbranched alkanes of at least 4 members (excludes halogenated alkanes) is 2. The van der Waals surface area contributed by atoms with Crippen molar-refractivity contribution in [3.63, 3.8) is 0 Å². The lowest BCUT2D eigenvalue weighted by molar-refractivity contribution is 0.0953. The van der Waals surface area contributed by atoms with Gasteiger partial charge in [0.2, 0.25) is 0 Å². The third-order valence-corrected chi connectivity index (χ3v) is 3.27. The summed E-state index contributed by atoms with van der Waals surface area (Å²) in [4.78, 5) is 11.9. The van der Waals surface area contributed by atoms with Gasteiger partial charge >= 0.3 is 0 Å². The molecule has 1 aromatic carbocycles. The monoisotopic (exact) mass is 310 g/mol. The Labute approximate surface area is 139 Å². The molecule has 1 amide bonds. The standard InChI is InChI=1S/C17H28N2O.C2H6.2H2/c1-4-18-16-11-9-15(10-12-16)17(20)19-13-7-5-6-8-14(2)3;1-2;;/h9-12,14,18H,4-8,13H2,1-3H3,(H,19,20);1-2H3;2*1H. The van der Waals surface area contributed by atoms with E-state index in [9.17, 15) is 4.79 Å². The average Bonchev–Trinajstić information content (AvgIpc) is 2.53. The van der Waals surface area contributed by atoms with Crippen LogP contribution in [0.1, 0.15) is 73.5 Å². The van der Waals surface area contributed by atoms with E-state index in [1.165, 1.54) is 19.3 Å². The molecule has 0 saturated carbocycles. The first kappa shape index (κ1) is 20.5. The Kier molecular flexibility index (Phi) is 12.3. The molecule has 0 saturated heterocycles. The third-order valence-electron chi connectivity index (χ3n) is 3.27. The predicted molar refractivity (Wildman–Crippen MR) is 102 cm³/mol. The van der Waals surface area contributed by atoms with Gasteiger partial charge < -0.3 is 10.6 Å². The van der Waals surface area contributed by atoms with Crippen molar-refractivity contribution in [3.8, 4) is 0 Å². The van der Waals surface area contributed by atoms with Crippen LogP contribution < -0.4 is 10.6 Å². The lowest BCUT2D eigenvalue weighted by Crippen LogP contribution is -2.24. The van der Waals surface area contributed by atoms with Crippen molar-refractivity contribution >= 4 is 11.6 Å². The fourth-order valence-corrected chi connectivity index (χ4v) is 2.10. The molecule has 0 unspecified atom stereocenters. The first-order valence-electron chi connectivity index (χ1n) is 8.75. The highest BCUT2D eigenvalue weighted by Crippen LogP contribution is 2.10. The van der Waals surface area contributed by atoms with Crippen molar-refractivity contribution in [1.29, 1.82) is 0 Å². The van der Waals surface area contributed by atoms with E-state index in [1.807, 2.05) is 38.1 Å². The van der Waals surface area contributed by atoms with Crippen LogP contribution in [-0.4, -0.2) is 19.0 Å². The number of anilines is 1. The largest absolute Gasteiger partial charge is 0.385 e. The molecule has 0 spiro atoms. The zero-order valence-corrected chi connectivity index (χ0v) is 15.0. The molecule has 0 bridgehead atoms. The van der Waals surface area contributed by atoms with E-state index in [0.717, 1.165) is 36.7 Å². The maximum absolute atomic E-state index is 11.9. The van der Waals surface area contributed by atoms with Gasteiger partial charge in [0.1, 0.15) is 0 Å². The molecule has 1 aromatic rings. The highest BCUT2D eigenvalue weighted by molar-refractivity contribution is 5.94. The molecule has 22 heavy (non-hydrogen) atoms. The van der Waals surface area contributed by atoms with Crippen molar-refractivity contribution in [2.24, 2.45) is 5.92 Å². The number of benzene rings is 1.